The largest absolute Gasteiger partial charge is 0.481 e. The van der Waals surface area contributed by atoms with Gasteiger partial charge in [0.05, 0.1) is 12.5 Å². The summed E-state index contributed by atoms with van der Waals surface area (Å²) >= 11 is 0. The predicted octanol–water partition coefficient (Wildman–Crippen LogP) is 1.43. The average Bonchev–Trinajstić information content (AvgIpc) is 3.19. The van der Waals surface area contributed by atoms with Crippen LogP contribution in [0.3, 0.4) is 0 Å². The van der Waals surface area contributed by atoms with Crippen molar-refractivity contribution in [1.29, 1.82) is 0 Å². The molecule has 2 atom stereocenters. The minimum absolute atomic E-state index is 0.0171. The van der Waals surface area contributed by atoms with Crippen LogP contribution in [0.15, 0.2) is 0 Å². The fraction of sp³-hybridized carbons (Fsp3) is 0.857. The number of urea groups is 1. The van der Waals surface area contributed by atoms with Crippen LogP contribution in [-0.2, 0) is 4.79 Å². The first kappa shape index (κ1) is 16.8. The molecule has 2 amide bonds. The van der Waals surface area contributed by atoms with E-state index in [4.69, 9.17) is 10.2 Å². The molecule has 0 aliphatic heterocycles. The average molecular weight is 286 g/mol. The van der Waals surface area contributed by atoms with E-state index in [0.29, 0.717) is 13.0 Å². The first-order valence-corrected chi connectivity index (χ1v) is 7.36. The molecule has 0 aromatic heterocycles. The van der Waals surface area contributed by atoms with Gasteiger partial charge in [-0.2, -0.15) is 0 Å². The number of hydrogen-bond donors (Lipinski definition) is 3. The van der Waals surface area contributed by atoms with Gasteiger partial charge in [-0.05, 0) is 32.6 Å². The lowest BCUT2D eigenvalue weighted by Crippen LogP contribution is -2.46. The summed E-state index contributed by atoms with van der Waals surface area (Å²) in [6.45, 7) is 3.97. The lowest BCUT2D eigenvalue weighted by Gasteiger charge is -2.24. The molecule has 0 heterocycles. The highest BCUT2D eigenvalue weighted by Crippen LogP contribution is 2.26. The zero-order valence-electron chi connectivity index (χ0n) is 12.3. The third-order valence-corrected chi connectivity index (χ3v) is 3.66. The van der Waals surface area contributed by atoms with Crippen molar-refractivity contribution in [3.05, 3.63) is 0 Å². The topological polar surface area (TPSA) is 89.9 Å². The number of nitrogens with zero attached hydrogens (tertiary/aromatic N) is 1. The molecular weight excluding hydrogens is 260 g/mol. The standard InChI is InChI=1S/C14H26N2O4/c1-10(13(18)19)4-3-5-11(2)15-14(20)16(8-9-17)12-6-7-12/h10-12,17H,3-9H2,1-2H3,(H,15,20)(H,18,19). The number of rotatable bonds is 9. The van der Waals surface area contributed by atoms with Gasteiger partial charge in [-0.15, -0.1) is 0 Å². The van der Waals surface area contributed by atoms with Crippen LogP contribution in [0.2, 0.25) is 0 Å². The smallest absolute Gasteiger partial charge is 0.317 e. The van der Waals surface area contributed by atoms with Gasteiger partial charge in [0.2, 0.25) is 0 Å². The highest BCUT2D eigenvalue weighted by Gasteiger charge is 2.32. The van der Waals surface area contributed by atoms with E-state index in [1.807, 2.05) is 6.92 Å². The van der Waals surface area contributed by atoms with Gasteiger partial charge >= 0.3 is 12.0 Å². The second-order valence-electron chi connectivity index (χ2n) is 5.67. The van der Waals surface area contributed by atoms with Crippen LogP contribution in [0.25, 0.3) is 0 Å². The van der Waals surface area contributed by atoms with Crippen LogP contribution in [0.4, 0.5) is 4.79 Å². The maximum Gasteiger partial charge on any atom is 0.317 e. The Balaban J connectivity index is 2.24. The van der Waals surface area contributed by atoms with E-state index >= 15 is 0 Å². The molecule has 3 N–H and O–H groups in total. The second-order valence-corrected chi connectivity index (χ2v) is 5.67. The number of carbonyl (C=O) groups excluding carboxylic acids is 1. The molecule has 20 heavy (non-hydrogen) atoms. The Bertz CT molecular complexity index is 331. The van der Waals surface area contributed by atoms with Gasteiger partial charge in [0.25, 0.3) is 0 Å². The molecule has 1 aliphatic carbocycles. The molecule has 6 nitrogen and oxygen atoms in total. The number of aliphatic hydroxyl groups excluding tert-OH is 1. The Kier molecular flexibility index (Phi) is 6.78. The molecule has 1 saturated carbocycles. The van der Waals surface area contributed by atoms with Gasteiger partial charge in [0.1, 0.15) is 0 Å². The molecule has 116 valence electrons. The molecule has 0 saturated heterocycles. The summed E-state index contributed by atoms with van der Waals surface area (Å²) in [7, 11) is 0. The lowest BCUT2D eigenvalue weighted by molar-refractivity contribution is -0.141. The van der Waals surface area contributed by atoms with Crippen molar-refractivity contribution in [2.45, 2.75) is 58.0 Å². The summed E-state index contributed by atoms with van der Waals surface area (Å²) in [5.74, 6) is -1.11. The number of carboxylic acid groups (broad SMARTS) is 1. The monoisotopic (exact) mass is 286 g/mol. The normalized spacial score (nSPS) is 17.4. The zero-order valence-corrected chi connectivity index (χ0v) is 12.3. The van der Waals surface area contributed by atoms with E-state index in [1.165, 1.54) is 0 Å². The Hall–Kier alpha value is -1.30. The van der Waals surface area contributed by atoms with Crippen molar-refractivity contribution in [3.63, 3.8) is 0 Å². The third kappa shape index (κ3) is 5.77. The van der Waals surface area contributed by atoms with E-state index in [-0.39, 0.29) is 30.6 Å². The molecule has 0 bridgehead atoms. The van der Waals surface area contributed by atoms with E-state index in [1.54, 1.807) is 11.8 Å². The predicted molar refractivity (Wildman–Crippen MR) is 75.5 cm³/mol. The number of amides is 2. The SMILES string of the molecule is CC(CCCC(C)C(=O)O)NC(=O)N(CCO)C1CC1. The van der Waals surface area contributed by atoms with Crippen molar-refractivity contribution in [3.8, 4) is 0 Å². The number of aliphatic hydroxyl groups is 1. The van der Waals surface area contributed by atoms with Crippen LogP contribution in [0, 0.1) is 5.92 Å². The summed E-state index contributed by atoms with van der Waals surface area (Å²) in [6.07, 6.45) is 4.19. The van der Waals surface area contributed by atoms with Crippen molar-refractivity contribution in [1.82, 2.24) is 10.2 Å². The van der Waals surface area contributed by atoms with Gasteiger partial charge in [0, 0.05) is 18.6 Å². The van der Waals surface area contributed by atoms with Gasteiger partial charge in [-0.1, -0.05) is 13.3 Å². The molecule has 1 rings (SSSR count). The van der Waals surface area contributed by atoms with E-state index in [2.05, 4.69) is 5.32 Å². The van der Waals surface area contributed by atoms with Crippen LogP contribution in [0.5, 0.6) is 0 Å². The summed E-state index contributed by atoms with van der Waals surface area (Å²) in [5, 5.41) is 20.7. The summed E-state index contributed by atoms with van der Waals surface area (Å²) in [5.41, 5.74) is 0. The minimum Gasteiger partial charge on any atom is -0.481 e. The van der Waals surface area contributed by atoms with Crippen LogP contribution in [0.1, 0.15) is 46.0 Å². The number of nitrogens with one attached hydrogen (secondary N) is 1. The Labute approximate surface area is 120 Å². The van der Waals surface area contributed by atoms with E-state index < -0.39 is 5.97 Å². The molecule has 1 aliphatic rings. The summed E-state index contributed by atoms with van der Waals surface area (Å²) in [4.78, 5) is 24.4. The van der Waals surface area contributed by atoms with Crippen molar-refractivity contribution >= 4 is 12.0 Å². The van der Waals surface area contributed by atoms with Crippen LogP contribution in [-0.4, -0.2) is 52.3 Å². The fourth-order valence-corrected chi connectivity index (χ4v) is 2.16. The molecule has 2 unspecified atom stereocenters. The molecule has 0 aromatic rings. The first-order chi connectivity index (χ1) is 9.45. The second kappa shape index (κ2) is 8.09. The summed E-state index contributed by atoms with van der Waals surface area (Å²) < 4.78 is 0. The maximum atomic E-state index is 12.0. The molecule has 0 radical (unpaired) electrons. The quantitative estimate of drug-likeness (QED) is 0.598. The Morgan fingerprint density at radius 3 is 2.45 bits per heavy atom. The lowest BCUT2D eigenvalue weighted by atomic mass is 10.0. The maximum absolute atomic E-state index is 12.0. The zero-order chi connectivity index (χ0) is 15.1. The molecule has 6 heteroatoms. The van der Waals surface area contributed by atoms with Crippen molar-refractivity contribution in [2.75, 3.05) is 13.2 Å². The molecule has 0 aromatic carbocycles. The highest BCUT2D eigenvalue weighted by molar-refractivity contribution is 5.75. The van der Waals surface area contributed by atoms with Gasteiger partial charge in [-0.25, -0.2) is 4.79 Å². The Morgan fingerprint density at radius 1 is 1.30 bits per heavy atom. The summed E-state index contributed by atoms with van der Waals surface area (Å²) in [6, 6.07) is 0.171. The van der Waals surface area contributed by atoms with Crippen molar-refractivity contribution in [2.24, 2.45) is 5.92 Å². The van der Waals surface area contributed by atoms with Crippen LogP contribution >= 0.6 is 0 Å². The fourth-order valence-electron chi connectivity index (χ4n) is 2.16. The van der Waals surface area contributed by atoms with E-state index in [9.17, 15) is 9.59 Å². The van der Waals surface area contributed by atoms with E-state index in [0.717, 1.165) is 25.7 Å². The van der Waals surface area contributed by atoms with Gasteiger partial charge < -0.3 is 20.4 Å². The number of carbonyl (C=O) groups is 2. The minimum atomic E-state index is -0.774. The molecule has 1 fully saturated rings. The molecular formula is C14H26N2O4. The number of carboxylic acids is 1. The van der Waals surface area contributed by atoms with Gasteiger partial charge in [-0.3, -0.25) is 4.79 Å². The van der Waals surface area contributed by atoms with Crippen LogP contribution < -0.4 is 5.32 Å². The van der Waals surface area contributed by atoms with Gasteiger partial charge in [0.15, 0.2) is 0 Å². The van der Waals surface area contributed by atoms with Crippen molar-refractivity contribution < 1.29 is 19.8 Å². The Morgan fingerprint density at radius 2 is 1.95 bits per heavy atom. The molecule has 0 spiro atoms. The number of hydrogen-bond acceptors (Lipinski definition) is 3. The number of aliphatic carboxylic acids is 1. The highest BCUT2D eigenvalue weighted by atomic mass is 16.4. The third-order valence-electron chi connectivity index (χ3n) is 3.66. The first-order valence-electron chi connectivity index (χ1n) is 7.36.